The summed E-state index contributed by atoms with van der Waals surface area (Å²) in [5, 5.41) is 0. The first-order valence-corrected chi connectivity index (χ1v) is 5.54. The number of rotatable bonds is 1. The number of hydrogen-bond acceptors (Lipinski definition) is 3. The Morgan fingerprint density at radius 2 is 2.00 bits per heavy atom. The van der Waals surface area contributed by atoms with Crippen LogP contribution in [0.3, 0.4) is 0 Å². The number of fused-ring (bicyclic) bond motifs is 1. The maximum absolute atomic E-state index is 12.2. The lowest BCUT2D eigenvalue weighted by Crippen LogP contribution is -2.38. The van der Waals surface area contributed by atoms with Gasteiger partial charge in [-0.3, -0.25) is 9.78 Å². The fourth-order valence-corrected chi connectivity index (χ4v) is 2.02. The number of imidazole rings is 1. The maximum Gasteiger partial charge on any atom is 0.254 e. The number of carbonyl (C=O) groups excluding carboxylic acids is 1. The number of nitrogens with zero attached hydrogens (tertiary/aromatic N) is 4. The predicted molar refractivity (Wildman–Crippen MR) is 61.2 cm³/mol. The van der Waals surface area contributed by atoms with E-state index in [4.69, 9.17) is 0 Å². The average Bonchev–Trinajstić information content (AvgIpc) is 2.86. The van der Waals surface area contributed by atoms with Crippen molar-refractivity contribution < 1.29 is 4.79 Å². The van der Waals surface area contributed by atoms with E-state index in [0.717, 1.165) is 18.9 Å². The minimum atomic E-state index is 0.0432. The van der Waals surface area contributed by atoms with Crippen LogP contribution in [-0.4, -0.2) is 31.9 Å². The molecule has 86 valence electrons. The highest BCUT2D eigenvalue weighted by atomic mass is 16.2. The molecule has 0 unspecified atom stereocenters. The zero-order chi connectivity index (χ0) is 11.7. The summed E-state index contributed by atoms with van der Waals surface area (Å²) < 4.78 is 2.08. The van der Waals surface area contributed by atoms with E-state index in [1.54, 1.807) is 30.7 Å². The Kier molecular flexibility index (Phi) is 2.36. The number of amides is 1. The summed E-state index contributed by atoms with van der Waals surface area (Å²) in [7, 11) is 0. The van der Waals surface area contributed by atoms with Gasteiger partial charge in [-0.1, -0.05) is 0 Å². The van der Waals surface area contributed by atoms with Gasteiger partial charge in [0, 0.05) is 43.4 Å². The van der Waals surface area contributed by atoms with Crippen molar-refractivity contribution in [2.75, 3.05) is 6.54 Å². The van der Waals surface area contributed by atoms with Gasteiger partial charge in [-0.05, 0) is 12.1 Å². The van der Waals surface area contributed by atoms with E-state index < -0.39 is 0 Å². The fraction of sp³-hybridized carbons (Fsp3) is 0.250. The lowest BCUT2D eigenvalue weighted by atomic mass is 10.2. The summed E-state index contributed by atoms with van der Waals surface area (Å²) in [5.41, 5.74) is 0.681. The van der Waals surface area contributed by atoms with Gasteiger partial charge in [-0.2, -0.15) is 0 Å². The Labute approximate surface area is 98.7 Å². The molecule has 0 saturated carbocycles. The van der Waals surface area contributed by atoms with Crippen molar-refractivity contribution >= 4 is 5.91 Å². The van der Waals surface area contributed by atoms with Crippen LogP contribution in [0.5, 0.6) is 0 Å². The van der Waals surface area contributed by atoms with E-state index in [2.05, 4.69) is 14.5 Å². The molecule has 2 aromatic rings. The molecular formula is C12H12N4O. The normalized spacial score (nSPS) is 14.5. The van der Waals surface area contributed by atoms with Gasteiger partial charge in [-0.15, -0.1) is 0 Å². The number of aromatic nitrogens is 3. The fourth-order valence-electron chi connectivity index (χ4n) is 2.02. The first-order chi connectivity index (χ1) is 8.34. The van der Waals surface area contributed by atoms with Gasteiger partial charge >= 0.3 is 0 Å². The Balaban J connectivity index is 1.81. The molecule has 5 heteroatoms. The van der Waals surface area contributed by atoms with Crippen LogP contribution in [0.1, 0.15) is 16.2 Å². The van der Waals surface area contributed by atoms with Crippen LogP contribution in [0.4, 0.5) is 0 Å². The molecule has 0 N–H and O–H groups in total. The van der Waals surface area contributed by atoms with Crippen molar-refractivity contribution in [3.05, 3.63) is 48.3 Å². The summed E-state index contributed by atoms with van der Waals surface area (Å²) in [5.74, 6) is 0.986. The van der Waals surface area contributed by atoms with Gasteiger partial charge in [0.1, 0.15) is 5.82 Å². The Morgan fingerprint density at radius 1 is 1.18 bits per heavy atom. The topological polar surface area (TPSA) is 51.0 Å². The first-order valence-electron chi connectivity index (χ1n) is 5.54. The van der Waals surface area contributed by atoms with Crippen LogP contribution >= 0.6 is 0 Å². The van der Waals surface area contributed by atoms with Gasteiger partial charge in [0.2, 0.25) is 0 Å². The quantitative estimate of drug-likeness (QED) is 0.729. The molecule has 0 radical (unpaired) electrons. The van der Waals surface area contributed by atoms with Gasteiger partial charge < -0.3 is 9.47 Å². The third kappa shape index (κ3) is 1.80. The minimum Gasteiger partial charge on any atom is -0.332 e. The average molecular weight is 228 g/mol. The standard InChI is InChI=1S/C12H12N4O/c17-12(10-1-3-13-4-2-10)16-8-7-15-6-5-14-11(15)9-16/h1-6H,7-9H2. The van der Waals surface area contributed by atoms with Crippen LogP contribution in [0.2, 0.25) is 0 Å². The van der Waals surface area contributed by atoms with Crippen molar-refractivity contribution in [3.63, 3.8) is 0 Å². The lowest BCUT2D eigenvalue weighted by Gasteiger charge is -2.27. The molecular weight excluding hydrogens is 216 g/mol. The maximum atomic E-state index is 12.2. The van der Waals surface area contributed by atoms with E-state index in [-0.39, 0.29) is 5.91 Å². The smallest absolute Gasteiger partial charge is 0.254 e. The second kappa shape index (κ2) is 4.01. The predicted octanol–water partition coefficient (Wildman–Crippen LogP) is 0.934. The van der Waals surface area contributed by atoms with E-state index in [0.29, 0.717) is 12.1 Å². The number of pyridine rings is 1. The molecule has 3 heterocycles. The van der Waals surface area contributed by atoms with Gasteiger partial charge in [0.25, 0.3) is 5.91 Å². The molecule has 0 saturated heterocycles. The van der Waals surface area contributed by atoms with Crippen molar-refractivity contribution in [1.82, 2.24) is 19.4 Å². The zero-order valence-electron chi connectivity index (χ0n) is 9.28. The van der Waals surface area contributed by atoms with Crippen LogP contribution in [0.15, 0.2) is 36.9 Å². The van der Waals surface area contributed by atoms with Gasteiger partial charge in [0.15, 0.2) is 0 Å². The molecule has 1 aliphatic heterocycles. The molecule has 1 amide bonds. The van der Waals surface area contributed by atoms with E-state index in [1.165, 1.54) is 0 Å². The molecule has 0 atom stereocenters. The minimum absolute atomic E-state index is 0.0432. The SMILES string of the molecule is O=C(c1ccncc1)N1CCn2ccnc2C1. The summed E-state index contributed by atoms with van der Waals surface area (Å²) >= 11 is 0. The molecule has 1 aliphatic rings. The monoisotopic (exact) mass is 228 g/mol. The Hall–Kier alpha value is -2.17. The highest BCUT2D eigenvalue weighted by Crippen LogP contribution is 2.13. The number of hydrogen-bond donors (Lipinski definition) is 0. The summed E-state index contributed by atoms with van der Waals surface area (Å²) in [6.45, 7) is 2.12. The molecule has 3 rings (SSSR count). The third-order valence-electron chi connectivity index (χ3n) is 2.96. The van der Waals surface area contributed by atoms with Crippen molar-refractivity contribution in [1.29, 1.82) is 0 Å². The highest BCUT2D eigenvalue weighted by Gasteiger charge is 2.21. The van der Waals surface area contributed by atoms with E-state index >= 15 is 0 Å². The van der Waals surface area contributed by atoms with Gasteiger partial charge in [-0.25, -0.2) is 4.98 Å². The summed E-state index contributed by atoms with van der Waals surface area (Å²) in [4.78, 5) is 22.2. The molecule has 0 spiro atoms. The van der Waals surface area contributed by atoms with Crippen LogP contribution in [-0.2, 0) is 13.1 Å². The molecule has 0 aliphatic carbocycles. The van der Waals surface area contributed by atoms with Gasteiger partial charge in [0.05, 0.1) is 6.54 Å². The summed E-state index contributed by atoms with van der Waals surface area (Å²) in [6, 6.07) is 3.48. The Bertz CT molecular complexity index is 534. The summed E-state index contributed by atoms with van der Waals surface area (Å²) in [6.07, 6.45) is 7.00. The van der Waals surface area contributed by atoms with Crippen LogP contribution < -0.4 is 0 Å². The molecule has 0 aromatic carbocycles. The molecule has 17 heavy (non-hydrogen) atoms. The van der Waals surface area contributed by atoms with Crippen LogP contribution in [0.25, 0.3) is 0 Å². The second-order valence-electron chi connectivity index (χ2n) is 4.00. The number of carbonyl (C=O) groups is 1. The van der Waals surface area contributed by atoms with Crippen molar-refractivity contribution in [3.8, 4) is 0 Å². The first kappa shape index (κ1) is 10.0. The molecule has 0 fully saturated rings. The zero-order valence-corrected chi connectivity index (χ0v) is 9.28. The lowest BCUT2D eigenvalue weighted by molar-refractivity contribution is 0.0707. The van der Waals surface area contributed by atoms with Crippen molar-refractivity contribution in [2.24, 2.45) is 0 Å². The van der Waals surface area contributed by atoms with Crippen LogP contribution in [0, 0.1) is 0 Å². The second-order valence-corrected chi connectivity index (χ2v) is 4.00. The largest absolute Gasteiger partial charge is 0.332 e. The van der Waals surface area contributed by atoms with E-state index in [9.17, 15) is 4.79 Å². The molecule has 5 nitrogen and oxygen atoms in total. The van der Waals surface area contributed by atoms with Crippen molar-refractivity contribution in [2.45, 2.75) is 13.1 Å². The Morgan fingerprint density at radius 3 is 2.82 bits per heavy atom. The third-order valence-corrected chi connectivity index (χ3v) is 2.96. The highest BCUT2D eigenvalue weighted by molar-refractivity contribution is 5.94. The molecule has 2 aromatic heterocycles. The molecule has 0 bridgehead atoms. The van der Waals surface area contributed by atoms with E-state index in [1.807, 2.05) is 11.1 Å².